The molecule has 3 heterocycles. The molecule has 9 heteroatoms. The summed E-state index contributed by atoms with van der Waals surface area (Å²) in [6.45, 7) is 2.88. The van der Waals surface area contributed by atoms with Crippen molar-refractivity contribution in [3.05, 3.63) is 60.0 Å². The van der Waals surface area contributed by atoms with Crippen molar-refractivity contribution in [2.24, 2.45) is 5.14 Å². The van der Waals surface area contributed by atoms with Crippen molar-refractivity contribution in [3.8, 4) is 11.4 Å². The zero-order valence-corrected chi connectivity index (χ0v) is 17.9. The van der Waals surface area contributed by atoms with E-state index >= 15 is 0 Å². The highest BCUT2D eigenvalue weighted by molar-refractivity contribution is 7.89. The molecule has 0 unspecified atom stereocenters. The second kappa shape index (κ2) is 7.90. The van der Waals surface area contributed by atoms with Gasteiger partial charge in [0.15, 0.2) is 5.82 Å². The average molecular weight is 437 g/mol. The van der Waals surface area contributed by atoms with E-state index in [0.717, 1.165) is 55.3 Å². The first-order valence-electron chi connectivity index (χ1n) is 10.4. The van der Waals surface area contributed by atoms with Gasteiger partial charge in [0.2, 0.25) is 10.0 Å². The lowest BCUT2D eigenvalue weighted by molar-refractivity contribution is 0.595. The number of para-hydroxylation sites is 1. The van der Waals surface area contributed by atoms with Crippen LogP contribution in [0.25, 0.3) is 11.4 Å². The Hall–Kier alpha value is -3.04. The summed E-state index contributed by atoms with van der Waals surface area (Å²) in [5.74, 6) is 1.74. The standard InChI is InChI=1S/C22H24N6O2S/c23-31(29,30)20-7-2-1-6-19(20)27-12-14-28(15-13-27)22-17-4-3-5-18(17)25-21(26-22)16-8-10-24-11-9-16/h1-2,6-11H,3-5,12-15H2,(H2,23,29,30). The number of hydrogen-bond donors (Lipinski definition) is 1. The number of pyridine rings is 1. The Morgan fingerprint density at radius 3 is 2.32 bits per heavy atom. The van der Waals surface area contributed by atoms with Gasteiger partial charge in [-0.1, -0.05) is 12.1 Å². The molecule has 0 bridgehead atoms. The van der Waals surface area contributed by atoms with Gasteiger partial charge in [-0.2, -0.15) is 0 Å². The van der Waals surface area contributed by atoms with E-state index in [2.05, 4.69) is 14.8 Å². The van der Waals surface area contributed by atoms with Crippen LogP contribution in [-0.2, 0) is 22.9 Å². The van der Waals surface area contributed by atoms with E-state index in [1.165, 1.54) is 5.56 Å². The second-order valence-corrected chi connectivity index (χ2v) is 9.40. The van der Waals surface area contributed by atoms with Crippen LogP contribution >= 0.6 is 0 Å². The molecule has 2 N–H and O–H groups in total. The molecule has 0 amide bonds. The fraction of sp³-hybridized carbons (Fsp3) is 0.318. The number of rotatable bonds is 4. The van der Waals surface area contributed by atoms with Gasteiger partial charge < -0.3 is 9.80 Å². The number of aryl methyl sites for hydroxylation is 1. The van der Waals surface area contributed by atoms with Gasteiger partial charge in [0.1, 0.15) is 10.7 Å². The largest absolute Gasteiger partial charge is 0.367 e. The Morgan fingerprint density at radius 1 is 0.871 bits per heavy atom. The minimum Gasteiger partial charge on any atom is -0.367 e. The minimum absolute atomic E-state index is 0.173. The topological polar surface area (TPSA) is 105 Å². The Morgan fingerprint density at radius 2 is 1.58 bits per heavy atom. The summed E-state index contributed by atoms with van der Waals surface area (Å²) in [5.41, 5.74) is 4.01. The number of aromatic nitrogens is 3. The molecule has 0 saturated carbocycles. The quantitative estimate of drug-likeness (QED) is 0.667. The first-order valence-corrected chi connectivity index (χ1v) is 12.0. The number of piperazine rings is 1. The van der Waals surface area contributed by atoms with Gasteiger partial charge in [-0.05, 0) is 43.5 Å². The first kappa shape index (κ1) is 19.9. The van der Waals surface area contributed by atoms with Crippen molar-refractivity contribution in [2.75, 3.05) is 36.0 Å². The first-order chi connectivity index (χ1) is 15.0. The fourth-order valence-electron chi connectivity index (χ4n) is 4.42. The predicted octanol–water partition coefficient (Wildman–Crippen LogP) is 2.00. The molecule has 1 aromatic carbocycles. The number of nitrogens with two attached hydrogens (primary N) is 1. The third-order valence-electron chi connectivity index (χ3n) is 5.94. The van der Waals surface area contributed by atoms with Crippen molar-refractivity contribution in [1.29, 1.82) is 0 Å². The maximum atomic E-state index is 12.0. The maximum Gasteiger partial charge on any atom is 0.240 e. The van der Waals surface area contributed by atoms with E-state index in [0.29, 0.717) is 18.8 Å². The number of nitrogens with zero attached hydrogens (tertiary/aromatic N) is 5. The fourth-order valence-corrected chi connectivity index (χ4v) is 5.18. The van der Waals surface area contributed by atoms with Gasteiger partial charge in [0.05, 0.1) is 5.69 Å². The maximum absolute atomic E-state index is 12.0. The number of hydrogen-bond acceptors (Lipinski definition) is 7. The number of sulfonamides is 1. The molecule has 1 aliphatic carbocycles. The molecule has 1 aliphatic heterocycles. The van der Waals surface area contributed by atoms with Crippen LogP contribution in [0.5, 0.6) is 0 Å². The van der Waals surface area contributed by atoms with Crippen molar-refractivity contribution >= 4 is 21.5 Å². The Labute approximate surface area is 181 Å². The molecule has 0 spiro atoms. The Bertz CT molecular complexity index is 1210. The summed E-state index contributed by atoms with van der Waals surface area (Å²) >= 11 is 0. The van der Waals surface area contributed by atoms with Crippen molar-refractivity contribution in [2.45, 2.75) is 24.2 Å². The molecule has 31 heavy (non-hydrogen) atoms. The number of fused-ring (bicyclic) bond motifs is 1. The number of primary sulfonamides is 1. The molecule has 5 rings (SSSR count). The summed E-state index contributed by atoms with van der Waals surface area (Å²) < 4.78 is 24.0. The van der Waals surface area contributed by atoms with E-state index < -0.39 is 10.0 Å². The number of anilines is 2. The monoisotopic (exact) mass is 436 g/mol. The molecule has 2 aromatic heterocycles. The van der Waals surface area contributed by atoms with Crippen LogP contribution in [0.4, 0.5) is 11.5 Å². The van der Waals surface area contributed by atoms with E-state index in [1.54, 1.807) is 24.5 Å². The van der Waals surface area contributed by atoms with Crippen LogP contribution in [0.1, 0.15) is 17.7 Å². The van der Waals surface area contributed by atoms with E-state index in [-0.39, 0.29) is 4.90 Å². The van der Waals surface area contributed by atoms with Crippen LogP contribution in [0, 0.1) is 0 Å². The smallest absolute Gasteiger partial charge is 0.240 e. The lowest BCUT2D eigenvalue weighted by Crippen LogP contribution is -2.47. The van der Waals surface area contributed by atoms with Gasteiger partial charge in [-0.15, -0.1) is 0 Å². The van der Waals surface area contributed by atoms with Gasteiger partial charge >= 0.3 is 0 Å². The average Bonchev–Trinajstić information content (AvgIpc) is 3.27. The highest BCUT2D eigenvalue weighted by Crippen LogP contribution is 2.33. The van der Waals surface area contributed by atoms with Crippen LogP contribution in [0.15, 0.2) is 53.7 Å². The highest BCUT2D eigenvalue weighted by atomic mass is 32.2. The molecular formula is C22H24N6O2S. The van der Waals surface area contributed by atoms with Gasteiger partial charge in [0.25, 0.3) is 0 Å². The van der Waals surface area contributed by atoms with Gasteiger partial charge in [-0.3, -0.25) is 4.98 Å². The molecule has 0 radical (unpaired) electrons. The number of benzene rings is 1. The Balaban J connectivity index is 1.43. The van der Waals surface area contributed by atoms with Crippen molar-refractivity contribution < 1.29 is 8.42 Å². The molecule has 1 saturated heterocycles. The highest BCUT2D eigenvalue weighted by Gasteiger charge is 2.27. The summed E-state index contributed by atoms with van der Waals surface area (Å²) in [6.07, 6.45) is 6.58. The van der Waals surface area contributed by atoms with Crippen LogP contribution in [0.2, 0.25) is 0 Å². The molecule has 160 valence electrons. The Kier molecular flexibility index (Phi) is 5.07. The predicted molar refractivity (Wildman–Crippen MR) is 120 cm³/mol. The van der Waals surface area contributed by atoms with Gasteiger partial charge in [-0.25, -0.2) is 23.5 Å². The third-order valence-corrected chi connectivity index (χ3v) is 6.90. The van der Waals surface area contributed by atoms with E-state index in [1.807, 2.05) is 24.3 Å². The van der Waals surface area contributed by atoms with Crippen LogP contribution in [0.3, 0.4) is 0 Å². The van der Waals surface area contributed by atoms with Crippen molar-refractivity contribution in [3.63, 3.8) is 0 Å². The molecule has 2 aliphatic rings. The normalized spacial score (nSPS) is 16.4. The van der Waals surface area contributed by atoms with Crippen LogP contribution in [-0.4, -0.2) is 49.5 Å². The zero-order chi connectivity index (χ0) is 21.4. The molecule has 1 fully saturated rings. The molecule has 8 nitrogen and oxygen atoms in total. The molecule has 0 atom stereocenters. The summed E-state index contributed by atoms with van der Waals surface area (Å²) in [4.78, 5) is 18.4. The summed E-state index contributed by atoms with van der Waals surface area (Å²) in [7, 11) is -3.77. The summed E-state index contributed by atoms with van der Waals surface area (Å²) in [6, 6.07) is 10.8. The second-order valence-electron chi connectivity index (χ2n) is 7.87. The molecular weight excluding hydrogens is 412 g/mol. The van der Waals surface area contributed by atoms with Crippen LogP contribution < -0.4 is 14.9 Å². The van der Waals surface area contributed by atoms with E-state index in [9.17, 15) is 8.42 Å². The zero-order valence-electron chi connectivity index (χ0n) is 17.1. The summed E-state index contributed by atoms with van der Waals surface area (Å²) in [5, 5.41) is 5.43. The third kappa shape index (κ3) is 3.86. The van der Waals surface area contributed by atoms with Gasteiger partial charge in [0, 0.05) is 55.4 Å². The van der Waals surface area contributed by atoms with E-state index in [4.69, 9.17) is 15.1 Å². The lowest BCUT2D eigenvalue weighted by atomic mass is 10.1. The minimum atomic E-state index is -3.77. The molecule has 3 aromatic rings. The SMILES string of the molecule is NS(=O)(=O)c1ccccc1N1CCN(c2nc(-c3ccncc3)nc3c2CCC3)CC1. The lowest BCUT2D eigenvalue weighted by Gasteiger charge is -2.38. The van der Waals surface area contributed by atoms with Crippen molar-refractivity contribution in [1.82, 2.24) is 15.0 Å².